The van der Waals surface area contributed by atoms with Crippen LogP contribution in [0.3, 0.4) is 0 Å². The normalized spacial score (nSPS) is 12.2. The first-order valence-corrected chi connectivity index (χ1v) is 9.86. The van der Waals surface area contributed by atoms with Gasteiger partial charge in [-0.15, -0.1) is 0 Å². The Labute approximate surface area is 186 Å². The summed E-state index contributed by atoms with van der Waals surface area (Å²) in [6.45, 7) is 2.41. The number of aromatic nitrogens is 5. The summed E-state index contributed by atoms with van der Waals surface area (Å²) in [5.74, 6) is 0.373. The van der Waals surface area contributed by atoms with Crippen molar-refractivity contribution in [2.75, 3.05) is 7.11 Å². The van der Waals surface area contributed by atoms with E-state index in [1.807, 2.05) is 0 Å². The largest absolute Gasteiger partial charge is 0.496 e. The van der Waals surface area contributed by atoms with Crippen molar-refractivity contribution in [3.05, 3.63) is 54.6 Å². The monoisotopic (exact) mass is 459 g/mol. The molecule has 0 unspecified atom stereocenters. The van der Waals surface area contributed by atoms with Gasteiger partial charge in [-0.05, 0) is 32.0 Å². The van der Waals surface area contributed by atoms with Crippen LogP contribution in [0, 0.1) is 0 Å². The maximum atomic E-state index is 14.1. The SMILES string of the molecule is COc1ccccc1-c1noc(-c2cnn(CC(C)(C)O)c2C(F)(F)F)c1-c1ncccn1. The molecule has 0 fully saturated rings. The number of methoxy groups -OCH3 is 1. The molecule has 0 aliphatic heterocycles. The van der Waals surface area contributed by atoms with Crippen molar-refractivity contribution in [2.45, 2.75) is 32.2 Å². The smallest absolute Gasteiger partial charge is 0.433 e. The molecular formula is C22H20F3N5O3. The Balaban J connectivity index is 2.00. The summed E-state index contributed by atoms with van der Waals surface area (Å²) >= 11 is 0. The van der Waals surface area contributed by atoms with Gasteiger partial charge in [0.25, 0.3) is 0 Å². The van der Waals surface area contributed by atoms with Crippen LogP contribution in [0.15, 0.2) is 53.4 Å². The Morgan fingerprint density at radius 3 is 2.39 bits per heavy atom. The fraction of sp³-hybridized carbons (Fsp3) is 0.273. The average molecular weight is 459 g/mol. The van der Waals surface area contributed by atoms with Crippen molar-refractivity contribution >= 4 is 0 Å². The highest BCUT2D eigenvalue weighted by Gasteiger charge is 2.41. The minimum absolute atomic E-state index is 0.123. The molecule has 0 saturated carbocycles. The van der Waals surface area contributed by atoms with Crippen molar-refractivity contribution in [1.29, 1.82) is 0 Å². The summed E-state index contributed by atoms with van der Waals surface area (Å²) in [7, 11) is 1.47. The Morgan fingerprint density at radius 2 is 1.76 bits per heavy atom. The molecule has 8 nitrogen and oxygen atoms in total. The van der Waals surface area contributed by atoms with Crippen LogP contribution in [-0.2, 0) is 12.7 Å². The van der Waals surface area contributed by atoms with Crippen LogP contribution in [0.4, 0.5) is 13.2 Å². The van der Waals surface area contributed by atoms with E-state index in [1.165, 1.54) is 33.4 Å². The van der Waals surface area contributed by atoms with Gasteiger partial charge in [-0.2, -0.15) is 18.3 Å². The van der Waals surface area contributed by atoms with Gasteiger partial charge < -0.3 is 14.4 Å². The number of aliphatic hydroxyl groups is 1. The molecule has 0 amide bonds. The van der Waals surface area contributed by atoms with Crippen LogP contribution in [0.2, 0.25) is 0 Å². The number of halogens is 3. The third-order valence-electron chi connectivity index (χ3n) is 4.73. The van der Waals surface area contributed by atoms with Crippen molar-refractivity contribution in [3.8, 4) is 39.7 Å². The number of hydrogen-bond donors (Lipinski definition) is 1. The van der Waals surface area contributed by atoms with Crippen molar-refractivity contribution in [1.82, 2.24) is 24.9 Å². The summed E-state index contributed by atoms with van der Waals surface area (Å²) in [5, 5.41) is 18.0. The zero-order valence-electron chi connectivity index (χ0n) is 18.0. The molecule has 11 heteroatoms. The number of rotatable bonds is 6. The minimum Gasteiger partial charge on any atom is -0.496 e. The molecule has 33 heavy (non-hydrogen) atoms. The van der Waals surface area contributed by atoms with E-state index in [9.17, 15) is 18.3 Å². The Kier molecular flexibility index (Phi) is 5.66. The Morgan fingerprint density at radius 1 is 1.06 bits per heavy atom. The van der Waals surface area contributed by atoms with Gasteiger partial charge in [-0.25, -0.2) is 9.97 Å². The predicted octanol–water partition coefficient (Wildman–Crippen LogP) is 4.46. The van der Waals surface area contributed by atoms with Crippen LogP contribution >= 0.6 is 0 Å². The second-order valence-electron chi connectivity index (χ2n) is 7.88. The van der Waals surface area contributed by atoms with E-state index in [4.69, 9.17) is 9.26 Å². The van der Waals surface area contributed by atoms with Crippen molar-refractivity contribution < 1.29 is 27.5 Å². The Bertz CT molecular complexity index is 1260. The van der Waals surface area contributed by atoms with E-state index in [1.54, 1.807) is 30.3 Å². The number of hydrogen-bond acceptors (Lipinski definition) is 7. The molecule has 0 aliphatic carbocycles. The fourth-order valence-electron chi connectivity index (χ4n) is 3.47. The van der Waals surface area contributed by atoms with E-state index in [0.29, 0.717) is 16.0 Å². The molecule has 3 heterocycles. The predicted molar refractivity (Wildman–Crippen MR) is 112 cm³/mol. The number of benzene rings is 1. The molecule has 1 N–H and O–H groups in total. The highest BCUT2D eigenvalue weighted by atomic mass is 19.4. The fourth-order valence-corrected chi connectivity index (χ4v) is 3.47. The molecule has 0 saturated heterocycles. The van der Waals surface area contributed by atoms with E-state index < -0.39 is 17.5 Å². The molecule has 0 bridgehead atoms. The second-order valence-corrected chi connectivity index (χ2v) is 7.88. The molecule has 3 aromatic heterocycles. The molecule has 4 aromatic rings. The number of nitrogens with zero attached hydrogens (tertiary/aromatic N) is 5. The second kappa shape index (κ2) is 8.32. The van der Waals surface area contributed by atoms with Crippen LogP contribution in [0.25, 0.3) is 34.0 Å². The lowest BCUT2D eigenvalue weighted by atomic mass is 10.0. The molecular weight excluding hydrogens is 439 g/mol. The van der Waals surface area contributed by atoms with Gasteiger partial charge in [0.2, 0.25) is 0 Å². The summed E-state index contributed by atoms with van der Waals surface area (Å²) in [6, 6.07) is 8.48. The van der Waals surface area contributed by atoms with Crippen LogP contribution < -0.4 is 4.74 Å². The van der Waals surface area contributed by atoms with E-state index in [-0.39, 0.29) is 35.0 Å². The Hall–Kier alpha value is -3.73. The van der Waals surface area contributed by atoms with Gasteiger partial charge in [0.05, 0.1) is 36.6 Å². The van der Waals surface area contributed by atoms with E-state index in [0.717, 1.165) is 6.20 Å². The first kappa shape index (κ1) is 22.5. The lowest BCUT2D eigenvalue weighted by Gasteiger charge is -2.20. The standard InChI is InChI=1S/C22H20F3N5O3/c1-21(2,31)12-30-19(22(23,24)25)14(11-28-30)18-16(20-26-9-6-10-27-20)17(29-33-18)13-7-4-5-8-15(13)32-3/h4-11,31H,12H2,1-3H3. The average Bonchev–Trinajstić information content (AvgIpc) is 3.37. The number of alkyl halides is 3. The quantitative estimate of drug-likeness (QED) is 0.454. The molecule has 0 spiro atoms. The molecule has 1 aromatic carbocycles. The first-order valence-electron chi connectivity index (χ1n) is 9.86. The van der Waals surface area contributed by atoms with E-state index >= 15 is 0 Å². The molecule has 172 valence electrons. The third kappa shape index (κ3) is 4.44. The molecule has 4 rings (SSSR count). The van der Waals surface area contributed by atoms with Gasteiger partial charge in [0, 0.05) is 18.0 Å². The van der Waals surface area contributed by atoms with Crippen molar-refractivity contribution in [3.63, 3.8) is 0 Å². The zero-order valence-corrected chi connectivity index (χ0v) is 18.0. The van der Waals surface area contributed by atoms with Crippen LogP contribution in [0.5, 0.6) is 5.75 Å². The van der Waals surface area contributed by atoms with Crippen LogP contribution in [-0.4, -0.2) is 42.7 Å². The van der Waals surface area contributed by atoms with Crippen molar-refractivity contribution in [2.24, 2.45) is 0 Å². The summed E-state index contributed by atoms with van der Waals surface area (Å²) in [6.07, 6.45) is -0.822. The zero-order chi connectivity index (χ0) is 23.8. The first-order chi connectivity index (χ1) is 15.6. The molecule has 0 atom stereocenters. The van der Waals surface area contributed by atoms with Gasteiger partial charge in [-0.3, -0.25) is 4.68 Å². The summed E-state index contributed by atoms with van der Waals surface area (Å²) in [4.78, 5) is 8.41. The highest BCUT2D eigenvalue weighted by molar-refractivity contribution is 5.89. The maximum Gasteiger partial charge on any atom is 0.433 e. The lowest BCUT2D eigenvalue weighted by Crippen LogP contribution is -2.29. The van der Waals surface area contributed by atoms with E-state index in [2.05, 4.69) is 20.2 Å². The topological polar surface area (TPSA) is 99.1 Å². The molecule has 0 radical (unpaired) electrons. The minimum atomic E-state index is -4.79. The van der Waals surface area contributed by atoms with Gasteiger partial charge in [-0.1, -0.05) is 17.3 Å². The van der Waals surface area contributed by atoms with Gasteiger partial charge in [0.1, 0.15) is 11.4 Å². The lowest BCUT2D eigenvalue weighted by molar-refractivity contribution is -0.144. The highest BCUT2D eigenvalue weighted by Crippen LogP contribution is 2.45. The van der Waals surface area contributed by atoms with Crippen LogP contribution in [0.1, 0.15) is 19.5 Å². The maximum absolute atomic E-state index is 14.1. The summed E-state index contributed by atoms with van der Waals surface area (Å²) in [5.41, 5.74) is -1.98. The summed E-state index contributed by atoms with van der Waals surface area (Å²) < 4.78 is 54.0. The van der Waals surface area contributed by atoms with Gasteiger partial charge >= 0.3 is 6.18 Å². The number of para-hydroxylation sites is 1. The van der Waals surface area contributed by atoms with Gasteiger partial charge in [0.15, 0.2) is 17.3 Å². The third-order valence-corrected chi connectivity index (χ3v) is 4.73. The molecule has 0 aliphatic rings. The number of ether oxygens (including phenoxy) is 1.